The molecule has 0 fully saturated rings. The van der Waals surface area contributed by atoms with E-state index in [-0.39, 0.29) is 27.7 Å². The summed E-state index contributed by atoms with van der Waals surface area (Å²) in [5, 5.41) is 6.18. The van der Waals surface area contributed by atoms with Gasteiger partial charge in [0.2, 0.25) is 0 Å². The predicted octanol–water partition coefficient (Wildman–Crippen LogP) is 3.71. The van der Waals surface area contributed by atoms with E-state index in [1.165, 1.54) is 39.5 Å². The van der Waals surface area contributed by atoms with Crippen LogP contribution in [0.5, 0.6) is 0 Å². The van der Waals surface area contributed by atoms with Gasteiger partial charge in [0.1, 0.15) is 5.00 Å². The molecule has 1 aromatic carbocycles. The summed E-state index contributed by atoms with van der Waals surface area (Å²) >= 11 is 6.48. The van der Waals surface area contributed by atoms with Gasteiger partial charge in [-0.2, -0.15) is 0 Å². The molecule has 188 valence electrons. The zero-order valence-electron chi connectivity index (χ0n) is 20.3. The molecule has 1 amide bonds. The number of ether oxygens (including phenoxy) is 3. The lowest BCUT2D eigenvalue weighted by molar-refractivity contribution is 0.0587. The van der Waals surface area contributed by atoms with Crippen LogP contribution < -0.4 is 10.6 Å². The lowest BCUT2D eigenvalue weighted by Crippen LogP contribution is -2.30. The van der Waals surface area contributed by atoms with Gasteiger partial charge in [-0.05, 0) is 56.8 Å². The molecule has 1 heterocycles. The maximum atomic E-state index is 13.0. The minimum absolute atomic E-state index is 0.0519. The van der Waals surface area contributed by atoms with Gasteiger partial charge in [0, 0.05) is 18.8 Å². The standard InChI is InChI=1S/C23H27N3O7S2/c1-7-26(8-2)19(27)17-12(3)16(22(30)33-6)18(35-17)25-23(34)24-15-10-13(20(28)31-4)9-14(11-15)21(29)32-5/h9-11H,7-8H2,1-6H3,(H2,24,25,34). The fourth-order valence-corrected chi connectivity index (χ4v) is 4.70. The van der Waals surface area contributed by atoms with Crippen molar-refractivity contribution in [3.63, 3.8) is 0 Å². The Morgan fingerprint density at radius 2 is 1.40 bits per heavy atom. The van der Waals surface area contributed by atoms with E-state index < -0.39 is 17.9 Å². The van der Waals surface area contributed by atoms with Gasteiger partial charge in [-0.3, -0.25) is 4.79 Å². The molecule has 0 aliphatic heterocycles. The molecule has 10 nitrogen and oxygen atoms in total. The Labute approximate surface area is 212 Å². The number of carbonyl (C=O) groups excluding carboxylic acids is 4. The molecule has 12 heteroatoms. The van der Waals surface area contributed by atoms with Crippen LogP contribution in [0.2, 0.25) is 0 Å². The van der Waals surface area contributed by atoms with Gasteiger partial charge < -0.3 is 29.7 Å². The zero-order chi connectivity index (χ0) is 26.3. The topological polar surface area (TPSA) is 123 Å². The first-order valence-electron chi connectivity index (χ1n) is 10.5. The second kappa shape index (κ2) is 12.3. The normalized spacial score (nSPS) is 10.2. The molecule has 0 unspecified atom stereocenters. The van der Waals surface area contributed by atoms with Crippen LogP contribution in [0.1, 0.15) is 60.2 Å². The van der Waals surface area contributed by atoms with E-state index in [0.29, 0.717) is 34.2 Å². The van der Waals surface area contributed by atoms with E-state index in [1.807, 2.05) is 13.8 Å². The third-order valence-electron chi connectivity index (χ3n) is 5.04. The fourth-order valence-electron chi connectivity index (χ4n) is 3.24. The molecule has 0 spiro atoms. The van der Waals surface area contributed by atoms with Gasteiger partial charge >= 0.3 is 17.9 Å². The first-order chi connectivity index (χ1) is 16.6. The molecule has 2 N–H and O–H groups in total. The largest absolute Gasteiger partial charge is 0.465 e. The Hall–Kier alpha value is -3.51. The van der Waals surface area contributed by atoms with Gasteiger partial charge in [0.15, 0.2) is 5.11 Å². The first kappa shape index (κ1) is 27.7. The van der Waals surface area contributed by atoms with Crippen molar-refractivity contribution in [1.29, 1.82) is 0 Å². The highest BCUT2D eigenvalue weighted by Crippen LogP contribution is 2.34. The average molecular weight is 522 g/mol. The van der Waals surface area contributed by atoms with E-state index in [9.17, 15) is 19.2 Å². The molecule has 0 aliphatic rings. The highest BCUT2D eigenvalue weighted by atomic mass is 32.1. The van der Waals surface area contributed by atoms with Gasteiger partial charge in [0.05, 0.1) is 42.9 Å². The molecular formula is C23H27N3O7S2. The number of nitrogens with zero attached hydrogens (tertiary/aromatic N) is 1. The van der Waals surface area contributed by atoms with E-state index in [2.05, 4.69) is 10.6 Å². The number of anilines is 2. The van der Waals surface area contributed by atoms with Crippen molar-refractivity contribution in [2.24, 2.45) is 0 Å². The van der Waals surface area contributed by atoms with E-state index >= 15 is 0 Å². The lowest BCUT2D eigenvalue weighted by Gasteiger charge is -2.18. The lowest BCUT2D eigenvalue weighted by atomic mass is 10.1. The van der Waals surface area contributed by atoms with Crippen molar-refractivity contribution in [1.82, 2.24) is 4.90 Å². The summed E-state index contributed by atoms with van der Waals surface area (Å²) < 4.78 is 14.4. The van der Waals surface area contributed by atoms with Crippen molar-refractivity contribution in [2.75, 3.05) is 45.1 Å². The van der Waals surface area contributed by atoms with Crippen LogP contribution in [0.25, 0.3) is 0 Å². The Morgan fingerprint density at radius 3 is 1.86 bits per heavy atom. The van der Waals surface area contributed by atoms with Gasteiger partial charge in [-0.1, -0.05) is 0 Å². The molecule has 0 saturated heterocycles. The molecule has 2 rings (SSSR count). The van der Waals surface area contributed by atoms with Crippen LogP contribution in [0.3, 0.4) is 0 Å². The molecule has 0 aliphatic carbocycles. The number of benzene rings is 1. The van der Waals surface area contributed by atoms with E-state index in [4.69, 9.17) is 26.4 Å². The molecule has 0 saturated carbocycles. The highest BCUT2D eigenvalue weighted by Gasteiger charge is 2.27. The second-order valence-electron chi connectivity index (χ2n) is 7.09. The summed E-state index contributed by atoms with van der Waals surface area (Å²) in [6.07, 6.45) is 0. The predicted molar refractivity (Wildman–Crippen MR) is 137 cm³/mol. The van der Waals surface area contributed by atoms with Gasteiger partial charge in [-0.25, -0.2) is 14.4 Å². The van der Waals surface area contributed by atoms with Gasteiger partial charge in [0.25, 0.3) is 5.91 Å². The number of methoxy groups -OCH3 is 3. The molecule has 0 bridgehead atoms. The summed E-state index contributed by atoms with van der Waals surface area (Å²) in [6, 6.07) is 4.23. The maximum Gasteiger partial charge on any atom is 0.341 e. The Bertz CT molecular complexity index is 1120. The van der Waals surface area contributed by atoms with Crippen LogP contribution in [-0.4, -0.2) is 68.2 Å². The van der Waals surface area contributed by atoms with Crippen molar-refractivity contribution in [3.8, 4) is 0 Å². The minimum atomic E-state index is -0.654. The maximum absolute atomic E-state index is 13.0. The number of amides is 1. The molecule has 2 aromatic rings. The summed E-state index contributed by atoms with van der Waals surface area (Å²) in [6.45, 7) is 6.44. The average Bonchev–Trinajstić information content (AvgIpc) is 3.17. The van der Waals surface area contributed by atoms with E-state index in [0.717, 1.165) is 11.3 Å². The monoisotopic (exact) mass is 521 g/mol. The summed E-state index contributed by atoms with van der Waals surface area (Å²) in [5.74, 6) is -2.13. The van der Waals surface area contributed by atoms with Crippen LogP contribution in [0.4, 0.5) is 10.7 Å². The number of hydrogen-bond acceptors (Lipinski definition) is 9. The van der Waals surface area contributed by atoms with Crippen molar-refractivity contribution in [2.45, 2.75) is 20.8 Å². The second-order valence-corrected chi connectivity index (χ2v) is 8.52. The number of thiophene rings is 1. The Kier molecular flexibility index (Phi) is 9.72. The number of esters is 3. The molecule has 0 atom stereocenters. The van der Waals surface area contributed by atoms with Crippen LogP contribution in [0.15, 0.2) is 18.2 Å². The first-order valence-corrected chi connectivity index (χ1v) is 11.7. The van der Waals surface area contributed by atoms with Crippen LogP contribution >= 0.6 is 23.6 Å². The number of thiocarbonyl (C=S) groups is 1. The Morgan fingerprint density at radius 1 is 0.886 bits per heavy atom. The van der Waals surface area contributed by atoms with Crippen molar-refractivity contribution in [3.05, 3.63) is 45.3 Å². The third kappa shape index (κ3) is 6.34. The summed E-state index contributed by atoms with van der Waals surface area (Å²) in [4.78, 5) is 51.6. The molecule has 35 heavy (non-hydrogen) atoms. The molecular weight excluding hydrogens is 494 g/mol. The summed E-state index contributed by atoms with van der Waals surface area (Å²) in [5.41, 5.74) is 1.18. The quantitative estimate of drug-likeness (QED) is 0.302. The number of nitrogens with one attached hydrogen (secondary N) is 2. The summed E-state index contributed by atoms with van der Waals surface area (Å²) in [7, 11) is 3.69. The van der Waals surface area contributed by atoms with Crippen molar-refractivity contribution < 1.29 is 33.4 Å². The SMILES string of the molecule is CCN(CC)C(=O)c1sc(NC(=S)Nc2cc(C(=O)OC)cc(C(=O)OC)c2)c(C(=O)OC)c1C. The third-order valence-corrected chi connectivity index (χ3v) is 6.44. The van der Waals surface area contributed by atoms with Gasteiger partial charge in [-0.15, -0.1) is 11.3 Å². The van der Waals surface area contributed by atoms with E-state index in [1.54, 1.807) is 11.8 Å². The Balaban J connectivity index is 2.42. The molecule has 0 radical (unpaired) electrons. The highest BCUT2D eigenvalue weighted by molar-refractivity contribution is 7.80. The number of hydrogen-bond donors (Lipinski definition) is 2. The number of carbonyl (C=O) groups is 4. The number of rotatable bonds is 8. The molecule has 1 aromatic heterocycles. The zero-order valence-corrected chi connectivity index (χ0v) is 21.9. The minimum Gasteiger partial charge on any atom is -0.465 e. The van der Waals surface area contributed by atoms with Crippen molar-refractivity contribution >= 4 is 63.2 Å². The fraction of sp³-hybridized carbons (Fsp3) is 0.348. The smallest absolute Gasteiger partial charge is 0.341 e. The van der Waals surface area contributed by atoms with Crippen LogP contribution in [0, 0.1) is 6.92 Å². The van der Waals surface area contributed by atoms with Crippen LogP contribution in [-0.2, 0) is 14.2 Å².